The molecule has 5 rings (SSSR count). The molecule has 0 saturated heterocycles. The molecule has 3 heterocycles. The standard InChI is InChI=1S/C24H17ClN4O2/c25-17-10-11-22-28-18(15-29(22)14-17)12-26-23(30)19-8-4-5-9-20(19)24-27-13-21(31-24)16-6-2-1-3-7-16/h1-11,13-15H,12H2,(H,26,30). The summed E-state index contributed by atoms with van der Waals surface area (Å²) in [5.74, 6) is 0.811. The molecule has 0 radical (unpaired) electrons. The SMILES string of the molecule is O=C(NCc1cn2cc(Cl)ccc2n1)c1ccccc1-c1ncc(-c2ccccc2)o1. The topological polar surface area (TPSA) is 72.4 Å². The number of amides is 1. The predicted octanol–water partition coefficient (Wildman–Crippen LogP) is 5.24. The van der Waals surface area contributed by atoms with E-state index >= 15 is 0 Å². The van der Waals surface area contributed by atoms with Crippen molar-refractivity contribution in [1.82, 2.24) is 19.7 Å². The first-order valence-electron chi connectivity index (χ1n) is 9.69. The van der Waals surface area contributed by atoms with E-state index in [4.69, 9.17) is 16.0 Å². The number of oxazole rings is 1. The molecule has 0 aliphatic carbocycles. The quantitative estimate of drug-likeness (QED) is 0.415. The van der Waals surface area contributed by atoms with E-state index in [-0.39, 0.29) is 12.5 Å². The van der Waals surface area contributed by atoms with Crippen molar-refractivity contribution >= 4 is 23.2 Å². The molecule has 1 N–H and O–H groups in total. The number of nitrogens with zero attached hydrogens (tertiary/aromatic N) is 3. The monoisotopic (exact) mass is 428 g/mol. The number of carbonyl (C=O) groups excluding carboxylic acids is 1. The lowest BCUT2D eigenvalue weighted by atomic mass is 10.1. The first kappa shape index (κ1) is 19.1. The van der Waals surface area contributed by atoms with Gasteiger partial charge in [-0.15, -0.1) is 0 Å². The zero-order chi connectivity index (χ0) is 21.2. The maximum atomic E-state index is 12.9. The van der Waals surface area contributed by atoms with Crippen LogP contribution in [0, 0.1) is 0 Å². The lowest BCUT2D eigenvalue weighted by Crippen LogP contribution is -2.23. The van der Waals surface area contributed by atoms with Gasteiger partial charge in [-0.25, -0.2) is 9.97 Å². The molecule has 2 aromatic carbocycles. The predicted molar refractivity (Wildman–Crippen MR) is 119 cm³/mol. The molecule has 0 aliphatic rings. The van der Waals surface area contributed by atoms with Gasteiger partial charge < -0.3 is 14.1 Å². The minimum absolute atomic E-state index is 0.231. The summed E-state index contributed by atoms with van der Waals surface area (Å²) in [5, 5.41) is 3.54. The number of carbonyl (C=O) groups is 1. The van der Waals surface area contributed by atoms with E-state index in [9.17, 15) is 4.79 Å². The molecule has 0 saturated carbocycles. The van der Waals surface area contributed by atoms with E-state index in [0.29, 0.717) is 27.8 Å². The summed E-state index contributed by atoms with van der Waals surface area (Å²) in [6, 6.07) is 20.6. The second-order valence-electron chi connectivity index (χ2n) is 6.97. The molecule has 31 heavy (non-hydrogen) atoms. The Labute approximate surface area is 183 Å². The number of aromatic nitrogens is 3. The van der Waals surface area contributed by atoms with Crippen molar-refractivity contribution < 1.29 is 9.21 Å². The van der Waals surface area contributed by atoms with Crippen molar-refractivity contribution in [3.8, 4) is 22.8 Å². The summed E-state index contributed by atoms with van der Waals surface area (Å²) < 4.78 is 7.77. The third-order valence-corrected chi connectivity index (χ3v) is 5.08. The van der Waals surface area contributed by atoms with Crippen LogP contribution in [0.1, 0.15) is 16.1 Å². The maximum absolute atomic E-state index is 12.9. The van der Waals surface area contributed by atoms with Gasteiger partial charge in [0, 0.05) is 23.5 Å². The number of benzene rings is 2. The third kappa shape index (κ3) is 3.93. The van der Waals surface area contributed by atoms with Gasteiger partial charge in [0.2, 0.25) is 5.89 Å². The van der Waals surface area contributed by atoms with Crippen LogP contribution in [0.25, 0.3) is 28.4 Å². The van der Waals surface area contributed by atoms with Crippen molar-refractivity contribution in [1.29, 1.82) is 0 Å². The number of pyridine rings is 1. The summed E-state index contributed by atoms with van der Waals surface area (Å²) in [5.41, 5.74) is 3.53. The van der Waals surface area contributed by atoms with Gasteiger partial charge >= 0.3 is 0 Å². The normalized spacial score (nSPS) is 11.0. The first-order chi connectivity index (χ1) is 15.2. The van der Waals surface area contributed by atoms with E-state index in [2.05, 4.69) is 15.3 Å². The Balaban J connectivity index is 1.37. The van der Waals surface area contributed by atoms with Gasteiger partial charge in [0.25, 0.3) is 5.91 Å². The van der Waals surface area contributed by atoms with Crippen LogP contribution in [0.4, 0.5) is 0 Å². The van der Waals surface area contributed by atoms with Crippen LogP contribution in [0.15, 0.2) is 89.7 Å². The Kier molecular flexibility index (Phi) is 4.98. The zero-order valence-corrected chi connectivity index (χ0v) is 17.1. The van der Waals surface area contributed by atoms with E-state index in [1.165, 1.54) is 0 Å². The molecule has 152 valence electrons. The highest BCUT2D eigenvalue weighted by Crippen LogP contribution is 2.28. The minimum atomic E-state index is -0.231. The fraction of sp³-hybridized carbons (Fsp3) is 0.0417. The molecular formula is C24H17ClN4O2. The van der Waals surface area contributed by atoms with Gasteiger partial charge in [-0.3, -0.25) is 4.79 Å². The lowest BCUT2D eigenvalue weighted by molar-refractivity contribution is 0.0951. The van der Waals surface area contributed by atoms with Gasteiger partial charge in [0.05, 0.1) is 29.0 Å². The van der Waals surface area contributed by atoms with Crippen LogP contribution in [0.3, 0.4) is 0 Å². The van der Waals surface area contributed by atoms with E-state index in [0.717, 1.165) is 16.9 Å². The molecule has 0 unspecified atom stereocenters. The summed E-state index contributed by atoms with van der Waals surface area (Å²) in [6.45, 7) is 0.285. The van der Waals surface area contributed by atoms with E-state index in [1.54, 1.807) is 24.5 Å². The number of halogens is 1. The highest BCUT2D eigenvalue weighted by molar-refractivity contribution is 6.30. The average molecular weight is 429 g/mol. The molecule has 0 fully saturated rings. The number of hydrogen-bond acceptors (Lipinski definition) is 4. The van der Waals surface area contributed by atoms with Crippen LogP contribution >= 0.6 is 11.6 Å². The highest BCUT2D eigenvalue weighted by atomic mass is 35.5. The molecule has 7 heteroatoms. The van der Waals surface area contributed by atoms with Gasteiger partial charge in [0.15, 0.2) is 5.76 Å². The van der Waals surface area contributed by atoms with E-state index < -0.39 is 0 Å². The van der Waals surface area contributed by atoms with Gasteiger partial charge in [0.1, 0.15) is 5.65 Å². The molecular weight excluding hydrogens is 412 g/mol. The van der Waals surface area contributed by atoms with Crippen molar-refractivity contribution in [3.05, 3.63) is 102 Å². The molecule has 0 aliphatic heterocycles. The average Bonchev–Trinajstić information content (AvgIpc) is 3.45. The number of hydrogen-bond donors (Lipinski definition) is 1. The second kappa shape index (κ2) is 8.08. The van der Waals surface area contributed by atoms with Crippen LogP contribution in [0.2, 0.25) is 5.02 Å². The Morgan fingerprint density at radius 2 is 1.81 bits per heavy atom. The van der Waals surface area contributed by atoms with Crippen LogP contribution in [0.5, 0.6) is 0 Å². The van der Waals surface area contributed by atoms with E-state index in [1.807, 2.05) is 65.2 Å². The smallest absolute Gasteiger partial charge is 0.252 e. The summed E-state index contributed by atoms with van der Waals surface area (Å²) in [4.78, 5) is 21.8. The van der Waals surface area contributed by atoms with Gasteiger partial charge in [-0.2, -0.15) is 0 Å². The largest absolute Gasteiger partial charge is 0.436 e. The molecule has 0 bridgehead atoms. The zero-order valence-electron chi connectivity index (χ0n) is 16.3. The second-order valence-corrected chi connectivity index (χ2v) is 7.41. The fourth-order valence-corrected chi connectivity index (χ4v) is 3.54. The highest BCUT2D eigenvalue weighted by Gasteiger charge is 2.17. The van der Waals surface area contributed by atoms with Crippen molar-refractivity contribution in [2.75, 3.05) is 0 Å². The molecule has 0 spiro atoms. The number of fused-ring (bicyclic) bond motifs is 1. The van der Waals surface area contributed by atoms with Crippen molar-refractivity contribution in [2.45, 2.75) is 6.54 Å². The molecule has 1 amide bonds. The molecule has 5 aromatic rings. The van der Waals surface area contributed by atoms with Gasteiger partial charge in [-0.05, 0) is 24.3 Å². The Bertz CT molecular complexity index is 1370. The minimum Gasteiger partial charge on any atom is -0.436 e. The summed E-state index contributed by atoms with van der Waals surface area (Å²) in [7, 11) is 0. The third-order valence-electron chi connectivity index (χ3n) is 4.86. The molecule has 6 nitrogen and oxygen atoms in total. The summed E-state index contributed by atoms with van der Waals surface area (Å²) in [6.07, 6.45) is 5.28. The Morgan fingerprint density at radius 3 is 2.68 bits per heavy atom. The van der Waals surface area contributed by atoms with Gasteiger partial charge in [-0.1, -0.05) is 54.1 Å². The number of rotatable bonds is 5. The number of imidazole rings is 1. The van der Waals surface area contributed by atoms with Crippen LogP contribution in [-0.2, 0) is 6.54 Å². The Hall–Kier alpha value is -3.90. The number of nitrogens with one attached hydrogen (secondary N) is 1. The van der Waals surface area contributed by atoms with Crippen molar-refractivity contribution in [2.24, 2.45) is 0 Å². The Morgan fingerprint density at radius 1 is 1.00 bits per heavy atom. The van der Waals surface area contributed by atoms with Crippen molar-refractivity contribution in [3.63, 3.8) is 0 Å². The van der Waals surface area contributed by atoms with Crippen LogP contribution < -0.4 is 5.32 Å². The first-order valence-corrected chi connectivity index (χ1v) is 10.1. The lowest BCUT2D eigenvalue weighted by Gasteiger charge is -2.07. The van der Waals surface area contributed by atoms with Crippen LogP contribution in [-0.4, -0.2) is 20.3 Å². The molecule has 3 aromatic heterocycles. The fourth-order valence-electron chi connectivity index (χ4n) is 3.37. The maximum Gasteiger partial charge on any atom is 0.252 e. The molecule has 0 atom stereocenters. The summed E-state index contributed by atoms with van der Waals surface area (Å²) >= 11 is 6.02.